The Kier molecular flexibility index (Phi) is 5.92. The van der Waals surface area contributed by atoms with Gasteiger partial charge in [0, 0.05) is 19.0 Å². The molecule has 2 nitrogen and oxygen atoms in total. The highest BCUT2D eigenvalue weighted by molar-refractivity contribution is 4.89. The average molecular weight is 206 g/mol. The van der Waals surface area contributed by atoms with Gasteiger partial charge in [0.15, 0.2) is 0 Å². The average Bonchev–Trinajstić information content (AvgIpc) is 2.30. The summed E-state index contributed by atoms with van der Waals surface area (Å²) in [5.41, 5.74) is 0. The van der Waals surface area contributed by atoms with Crippen molar-refractivity contribution in [3.8, 4) is 6.07 Å². The third-order valence-corrected chi connectivity index (χ3v) is 3.13. The predicted molar refractivity (Wildman–Crippen MR) is 63.2 cm³/mol. The van der Waals surface area contributed by atoms with Crippen LogP contribution in [-0.4, -0.2) is 17.5 Å². The van der Waals surface area contributed by atoms with Gasteiger partial charge in [-0.3, -0.25) is 0 Å². The van der Waals surface area contributed by atoms with Gasteiger partial charge in [-0.05, 0) is 32.4 Å². The van der Waals surface area contributed by atoms with Crippen LogP contribution >= 0.6 is 0 Å². The number of allylic oxidation sites excluding steroid dienone is 1. The van der Waals surface area contributed by atoms with Crippen molar-refractivity contribution in [1.29, 1.82) is 5.26 Å². The van der Waals surface area contributed by atoms with E-state index in [4.69, 9.17) is 5.26 Å². The summed E-state index contributed by atoms with van der Waals surface area (Å²) in [6.07, 6.45) is 12.7. The molecule has 0 unspecified atom stereocenters. The van der Waals surface area contributed by atoms with Crippen molar-refractivity contribution in [1.82, 2.24) is 4.90 Å². The molecule has 1 aliphatic rings. The second-order valence-electron chi connectivity index (χ2n) is 4.20. The van der Waals surface area contributed by atoms with E-state index in [-0.39, 0.29) is 0 Å². The molecule has 84 valence electrons. The molecule has 1 aliphatic carbocycles. The van der Waals surface area contributed by atoms with Gasteiger partial charge in [-0.2, -0.15) is 5.26 Å². The first-order valence-electron chi connectivity index (χ1n) is 6.17. The molecule has 15 heavy (non-hydrogen) atoms. The topological polar surface area (TPSA) is 27.0 Å². The molecule has 0 heterocycles. The van der Waals surface area contributed by atoms with Gasteiger partial charge >= 0.3 is 0 Å². The maximum atomic E-state index is 8.44. The van der Waals surface area contributed by atoms with Crippen molar-refractivity contribution < 1.29 is 0 Å². The van der Waals surface area contributed by atoms with Crippen molar-refractivity contribution in [2.75, 3.05) is 6.54 Å². The molecule has 0 aromatic carbocycles. The maximum absolute atomic E-state index is 8.44. The molecule has 0 spiro atoms. The molecule has 1 saturated carbocycles. The molecular formula is C13H22N2. The van der Waals surface area contributed by atoms with E-state index in [0.29, 0.717) is 6.42 Å². The number of nitrogens with zero attached hydrogens (tertiary/aromatic N) is 2. The summed E-state index contributed by atoms with van der Waals surface area (Å²) in [5.74, 6) is 0. The normalized spacial score (nSPS) is 17.9. The largest absolute Gasteiger partial charge is 0.375 e. The van der Waals surface area contributed by atoms with Crippen LogP contribution in [0.4, 0.5) is 0 Å². The molecule has 1 fully saturated rings. The van der Waals surface area contributed by atoms with E-state index < -0.39 is 0 Å². The van der Waals surface area contributed by atoms with Crippen LogP contribution in [-0.2, 0) is 0 Å². The Hall–Kier alpha value is -0.970. The third kappa shape index (κ3) is 4.38. The Morgan fingerprint density at radius 1 is 1.33 bits per heavy atom. The van der Waals surface area contributed by atoms with Crippen LogP contribution in [0.3, 0.4) is 0 Å². The van der Waals surface area contributed by atoms with Gasteiger partial charge in [0.05, 0.1) is 6.07 Å². The highest BCUT2D eigenvalue weighted by Gasteiger charge is 2.16. The molecule has 0 radical (unpaired) electrons. The SMILES string of the molecule is CCN(C=CCCC#N)C1CCCCC1. The van der Waals surface area contributed by atoms with E-state index in [1.165, 1.54) is 32.1 Å². The highest BCUT2D eigenvalue weighted by Crippen LogP contribution is 2.22. The number of unbranched alkanes of at least 4 members (excludes halogenated alkanes) is 1. The Bertz CT molecular complexity index is 221. The van der Waals surface area contributed by atoms with Crippen LogP contribution < -0.4 is 0 Å². The van der Waals surface area contributed by atoms with Gasteiger partial charge in [-0.25, -0.2) is 0 Å². The zero-order valence-electron chi connectivity index (χ0n) is 9.78. The van der Waals surface area contributed by atoms with Gasteiger partial charge in [0.2, 0.25) is 0 Å². The number of hydrogen-bond acceptors (Lipinski definition) is 2. The molecule has 0 bridgehead atoms. The molecule has 2 heteroatoms. The monoisotopic (exact) mass is 206 g/mol. The van der Waals surface area contributed by atoms with Crippen LogP contribution in [0.5, 0.6) is 0 Å². The van der Waals surface area contributed by atoms with Gasteiger partial charge < -0.3 is 4.90 Å². The first-order chi connectivity index (χ1) is 7.38. The fraction of sp³-hybridized carbons (Fsp3) is 0.769. The van der Waals surface area contributed by atoms with E-state index in [1.54, 1.807) is 0 Å². The molecular weight excluding hydrogens is 184 g/mol. The minimum atomic E-state index is 0.638. The minimum Gasteiger partial charge on any atom is -0.375 e. The Labute approximate surface area is 93.6 Å². The Morgan fingerprint density at radius 3 is 2.67 bits per heavy atom. The molecule has 0 saturated heterocycles. The van der Waals surface area contributed by atoms with Crippen molar-refractivity contribution in [3.63, 3.8) is 0 Å². The fourth-order valence-electron chi connectivity index (χ4n) is 2.26. The summed E-state index contributed by atoms with van der Waals surface area (Å²) in [4.78, 5) is 2.44. The molecule has 0 N–H and O–H groups in total. The van der Waals surface area contributed by atoms with Gasteiger partial charge in [-0.1, -0.05) is 25.3 Å². The van der Waals surface area contributed by atoms with Crippen molar-refractivity contribution in [2.24, 2.45) is 0 Å². The number of hydrogen-bond donors (Lipinski definition) is 0. The summed E-state index contributed by atoms with van der Waals surface area (Å²) in [6, 6.07) is 2.92. The number of rotatable bonds is 5. The molecule has 0 aromatic rings. The predicted octanol–water partition coefficient (Wildman–Crippen LogP) is 3.46. The summed E-state index contributed by atoms with van der Waals surface area (Å²) in [7, 11) is 0. The minimum absolute atomic E-state index is 0.638. The Balaban J connectivity index is 2.33. The van der Waals surface area contributed by atoms with E-state index >= 15 is 0 Å². The van der Waals surface area contributed by atoms with Crippen LogP contribution in [0.25, 0.3) is 0 Å². The van der Waals surface area contributed by atoms with Crippen LogP contribution in [0, 0.1) is 11.3 Å². The molecule has 0 aromatic heterocycles. The lowest BCUT2D eigenvalue weighted by molar-refractivity contribution is 0.226. The molecule has 0 atom stereocenters. The highest BCUT2D eigenvalue weighted by atomic mass is 15.1. The maximum Gasteiger partial charge on any atom is 0.0625 e. The lowest BCUT2D eigenvalue weighted by Crippen LogP contribution is -2.32. The summed E-state index contributed by atoms with van der Waals surface area (Å²) in [6.45, 7) is 3.30. The lowest BCUT2D eigenvalue weighted by Gasteiger charge is -2.32. The van der Waals surface area contributed by atoms with Crippen LogP contribution in [0.15, 0.2) is 12.3 Å². The van der Waals surface area contributed by atoms with E-state index in [9.17, 15) is 0 Å². The van der Waals surface area contributed by atoms with Crippen LogP contribution in [0.2, 0.25) is 0 Å². The van der Waals surface area contributed by atoms with Gasteiger partial charge in [0.1, 0.15) is 0 Å². The zero-order valence-corrected chi connectivity index (χ0v) is 9.78. The van der Waals surface area contributed by atoms with E-state index in [2.05, 4.69) is 30.2 Å². The third-order valence-electron chi connectivity index (χ3n) is 3.13. The zero-order chi connectivity index (χ0) is 10.9. The molecule has 1 rings (SSSR count). The van der Waals surface area contributed by atoms with E-state index in [0.717, 1.165) is 19.0 Å². The first kappa shape index (κ1) is 12.1. The summed E-state index contributed by atoms with van der Waals surface area (Å²) in [5, 5.41) is 8.44. The van der Waals surface area contributed by atoms with Gasteiger partial charge in [-0.15, -0.1) is 0 Å². The second-order valence-corrected chi connectivity index (χ2v) is 4.20. The standard InChI is InChI=1S/C13H22N2/c1-2-15(12-8-4-7-11-14)13-9-5-3-6-10-13/h8,12-13H,2-7,9-10H2,1H3. The first-order valence-corrected chi connectivity index (χ1v) is 6.17. The smallest absolute Gasteiger partial charge is 0.0625 e. The van der Waals surface area contributed by atoms with E-state index in [1.807, 2.05) is 0 Å². The summed E-state index contributed by atoms with van der Waals surface area (Å²) >= 11 is 0. The quantitative estimate of drug-likeness (QED) is 0.644. The van der Waals surface area contributed by atoms with Crippen molar-refractivity contribution >= 4 is 0 Å². The van der Waals surface area contributed by atoms with Crippen LogP contribution in [0.1, 0.15) is 51.9 Å². The van der Waals surface area contributed by atoms with Gasteiger partial charge in [0.25, 0.3) is 0 Å². The second kappa shape index (κ2) is 7.34. The fourth-order valence-corrected chi connectivity index (χ4v) is 2.26. The molecule has 0 amide bonds. The molecule has 0 aliphatic heterocycles. The lowest BCUT2D eigenvalue weighted by atomic mass is 9.94. The Morgan fingerprint density at radius 2 is 2.07 bits per heavy atom. The van der Waals surface area contributed by atoms with Crippen molar-refractivity contribution in [3.05, 3.63) is 12.3 Å². The van der Waals surface area contributed by atoms with Crippen molar-refractivity contribution in [2.45, 2.75) is 57.9 Å². The summed E-state index contributed by atoms with van der Waals surface area (Å²) < 4.78 is 0. The number of nitriles is 1.